The average molecular weight is 247 g/mol. The van der Waals surface area contributed by atoms with Gasteiger partial charge >= 0.3 is 6.18 Å². The number of alkyl halides is 3. The van der Waals surface area contributed by atoms with Crippen LogP contribution in [-0.4, -0.2) is 11.5 Å². The average Bonchev–Trinajstić information content (AvgIpc) is 2.15. The minimum absolute atomic E-state index is 0.413. The van der Waals surface area contributed by atoms with Crippen LogP contribution in [0.4, 0.5) is 13.2 Å². The Bertz CT molecular complexity index is 427. The van der Waals surface area contributed by atoms with Crippen molar-refractivity contribution in [3.8, 4) is 5.75 Å². The Balaban J connectivity index is 3.12. The molecule has 0 aliphatic rings. The molecular weight excluding hydrogens is 235 g/mol. The molecule has 1 aromatic carbocycles. The summed E-state index contributed by atoms with van der Waals surface area (Å²) in [4.78, 5) is 11.0. The van der Waals surface area contributed by atoms with Crippen LogP contribution < -0.4 is 10.5 Å². The topological polar surface area (TPSA) is 52.3 Å². The molecule has 0 bridgehead atoms. The molecule has 0 spiro atoms. The molecule has 0 saturated heterocycles. The number of hydrogen-bond donors (Lipinski definition) is 1. The van der Waals surface area contributed by atoms with Crippen molar-refractivity contribution in [1.82, 2.24) is 0 Å². The third kappa shape index (κ3) is 3.12. The molecule has 0 aliphatic carbocycles. The van der Waals surface area contributed by atoms with Crippen molar-refractivity contribution in [2.24, 2.45) is 5.73 Å². The van der Waals surface area contributed by atoms with Gasteiger partial charge in [0.2, 0.25) is 0 Å². The van der Waals surface area contributed by atoms with E-state index in [0.717, 1.165) is 12.1 Å². The standard InChI is InChI=1S/C11H12F3NO2/c1-10(2,9(15)16)17-8-6-4-3-5-7(8)11(12,13)14/h3-6H,1-2H3,(H2,15,16). The summed E-state index contributed by atoms with van der Waals surface area (Å²) in [6.45, 7) is 2.62. The number of hydrogen-bond acceptors (Lipinski definition) is 2. The predicted molar refractivity (Wildman–Crippen MR) is 55.3 cm³/mol. The summed E-state index contributed by atoms with van der Waals surface area (Å²) < 4.78 is 42.9. The number of rotatable bonds is 3. The first kappa shape index (κ1) is 13.3. The highest BCUT2D eigenvalue weighted by atomic mass is 19.4. The van der Waals surface area contributed by atoms with E-state index >= 15 is 0 Å². The Morgan fingerprint density at radius 1 is 1.24 bits per heavy atom. The number of primary amides is 1. The van der Waals surface area contributed by atoms with Crippen LogP contribution in [0.15, 0.2) is 24.3 Å². The molecule has 1 rings (SSSR count). The molecule has 0 aromatic heterocycles. The molecule has 0 radical (unpaired) electrons. The van der Waals surface area contributed by atoms with E-state index in [1.54, 1.807) is 0 Å². The van der Waals surface area contributed by atoms with Crippen molar-refractivity contribution < 1.29 is 22.7 Å². The van der Waals surface area contributed by atoms with E-state index in [2.05, 4.69) is 0 Å². The molecule has 0 saturated carbocycles. The van der Waals surface area contributed by atoms with E-state index in [1.165, 1.54) is 26.0 Å². The molecular formula is C11H12F3NO2. The van der Waals surface area contributed by atoms with Crippen LogP contribution >= 0.6 is 0 Å². The molecule has 2 N–H and O–H groups in total. The van der Waals surface area contributed by atoms with Gasteiger partial charge in [-0.3, -0.25) is 4.79 Å². The Labute approximate surface area is 96.4 Å². The molecule has 0 aliphatic heterocycles. The van der Waals surface area contributed by atoms with Gasteiger partial charge < -0.3 is 10.5 Å². The summed E-state index contributed by atoms with van der Waals surface area (Å²) >= 11 is 0. The minimum Gasteiger partial charge on any atom is -0.477 e. The maximum atomic E-state index is 12.6. The van der Waals surface area contributed by atoms with Gasteiger partial charge in [-0.25, -0.2) is 0 Å². The van der Waals surface area contributed by atoms with Crippen molar-refractivity contribution in [2.75, 3.05) is 0 Å². The Hall–Kier alpha value is -1.72. The lowest BCUT2D eigenvalue weighted by molar-refractivity contribution is -0.142. The van der Waals surface area contributed by atoms with Gasteiger partial charge in [0.25, 0.3) is 5.91 Å². The summed E-state index contributed by atoms with van der Waals surface area (Å²) in [6, 6.07) is 4.66. The van der Waals surface area contributed by atoms with Crippen LogP contribution in [0.3, 0.4) is 0 Å². The maximum absolute atomic E-state index is 12.6. The maximum Gasteiger partial charge on any atom is 0.419 e. The van der Waals surface area contributed by atoms with Crippen molar-refractivity contribution in [3.63, 3.8) is 0 Å². The molecule has 94 valence electrons. The first-order valence-corrected chi connectivity index (χ1v) is 4.80. The van der Waals surface area contributed by atoms with Crippen LogP contribution in [0.2, 0.25) is 0 Å². The van der Waals surface area contributed by atoms with E-state index < -0.39 is 29.0 Å². The minimum atomic E-state index is -4.54. The zero-order chi connectivity index (χ0) is 13.3. The van der Waals surface area contributed by atoms with Gasteiger partial charge in [0, 0.05) is 0 Å². The molecule has 1 amide bonds. The second kappa shape index (κ2) is 4.27. The summed E-state index contributed by atoms with van der Waals surface area (Å²) in [7, 11) is 0. The second-order valence-corrected chi connectivity index (χ2v) is 3.97. The van der Waals surface area contributed by atoms with Gasteiger partial charge in [0.15, 0.2) is 5.60 Å². The highest BCUT2D eigenvalue weighted by Crippen LogP contribution is 2.37. The molecule has 3 nitrogen and oxygen atoms in total. The number of carbonyl (C=O) groups excluding carboxylic acids is 1. The predicted octanol–water partition coefficient (Wildman–Crippen LogP) is 2.35. The number of carbonyl (C=O) groups is 1. The highest BCUT2D eigenvalue weighted by Gasteiger charge is 2.36. The third-order valence-electron chi connectivity index (χ3n) is 2.15. The fourth-order valence-corrected chi connectivity index (χ4v) is 1.12. The monoisotopic (exact) mass is 247 g/mol. The lowest BCUT2D eigenvalue weighted by Gasteiger charge is -2.24. The number of amides is 1. The smallest absolute Gasteiger partial charge is 0.419 e. The zero-order valence-electron chi connectivity index (χ0n) is 9.34. The number of benzene rings is 1. The van der Waals surface area contributed by atoms with Gasteiger partial charge in [-0.1, -0.05) is 12.1 Å². The normalized spacial score (nSPS) is 12.3. The molecule has 6 heteroatoms. The fraction of sp³-hybridized carbons (Fsp3) is 0.364. The number of ether oxygens (including phenoxy) is 1. The van der Waals surface area contributed by atoms with Gasteiger partial charge in [-0.15, -0.1) is 0 Å². The van der Waals surface area contributed by atoms with Crippen LogP contribution in [0, 0.1) is 0 Å². The Morgan fingerprint density at radius 3 is 2.24 bits per heavy atom. The summed E-state index contributed by atoms with van der Waals surface area (Å²) in [6.07, 6.45) is -4.54. The van der Waals surface area contributed by atoms with Crippen molar-refractivity contribution >= 4 is 5.91 Å². The Morgan fingerprint density at radius 2 is 1.76 bits per heavy atom. The lowest BCUT2D eigenvalue weighted by Crippen LogP contribution is -2.43. The van der Waals surface area contributed by atoms with E-state index in [4.69, 9.17) is 10.5 Å². The summed E-state index contributed by atoms with van der Waals surface area (Å²) in [5, 5.41) is 0. The van der Waals surface area contributed by atoms with Gasteiger partial charge in [0.1, 0.15) is 5.75 Å². The van der Waals surface area contributed by atoms with Gasteiger partial charge in [0.05, 0.1) is 5.56 Å². The van der Waals surface area contributed by atoms with Crippen LogP contribution in [0.1, 0.15) is 19.4 Å². The summed E-state index contributed by atoms with van der Waals surface area (Å²) in [5.74, 6) is -1.25. The van der Waals surface area contributed by atoms with Gasteiger partial charge in [-0.05, 0) is 26.0 Å². The quantitative estimate of drug-likeness (QED) is 0.891. The summed E-state index contributed by atoms with van der Waals surface area (Å²) in [5.41, 5.74) is 2.60. The van der Waals surface area contributed by atoms with E-state index in [9.17, 15) is 18.0 Å². The molecule has 1 aromatic rings. The van der Waals surface area contributed by atoms with Crippen molar-refractivity contribution in [2.45, 2.75) is 25.6 Å². The highest BCUT2D eigenvalue weighted by molar-refractivity contribution is 5.82. The first-order valence-electron chi connectivity index (χ1n) is 4.80. The van der Waals surface area contributed by atoms with Crippen LogP contribution in [-0.2, 0) is 11.0 Å². The Kier molecular flexibility index (Phi) is 3.35. The molecule has 0 unspecified atom stereocenters. The van der Waals surface area contributed by atoms with Crippen molar-refractivity contribution in [3.05, 3.63) is 29.8 Å². The fourth-order valence-electron chi connectivity index (χ4n) is 1.12. The second-order valence-electron chi connectivity index (χ2n) is 3.97. The van der Waals surface area contributed by atoms with E-state index in [1.807, 2.05) is 0 Å². The van der Waals surface area contributed by atoms with Crippen LogP contribution in [0.25, 0.3) is 0 Å². The molecule has 0 atom stereocenters. The SMILES string of the molecule is CC(C)(Oc1ccccc1C(F)(F)F)C(N)=O. The largest absolute Gasteiger partial charge is 0.477 e. The van der Waals surface area contributed by atoms with Crippen LogP contribution in [0.5, 0.6) is 5.75 Å². The molecule has 0 fully saturated rings. The number of nitrogens with two attached hydrogens (primary N) is 1. The van der Waals surface area contributed by atoms with Crippen molar-refractivity contribution in [1.29, 1.82) is 0 Å². The molecule has 0 heterocycles. The number of halogens is 3. The lowest BCUT2D eigenvalue weighted by atomic mass is 10.1. The van der Waals surface area contributed by atoms with Gasteiger partial charge in [-0.2, -0.15) is 13.2 Å². The van der Waals surface area contributed by atoms with E-state index in [-0.39, 0.29) is 0 Å². The third-order valence-corrected chi connectivity index (χ3v) is 2.15. The molecule has 17 heavy (non-hydrogen) atoms. The first-order chi connectivity index (χ1) is 7.64. The number of para-hydroxylation sites is 1. The zero-order valence-corrected chi connectivity index (χ0v) is 9.34. The van der Waals surface area contributed by atoms with E-state index in [0.29, 0.717) is 0 Å².